The number of fused-ring (bicyclic) bond motifs is 1. The second kappa shape index (κ2) is 4.81. The molecule has 2 N–H and O–H groups in total. The summed E-state index contributed by atoms with van der Waals surface area (Å²) in [5, 5.41) is 23.0. The average molecular weight is 329 g/mol. The summed E-state index contributed by atoms with van der Waals surface area (Å²) in [7, 11) is 0. The molecule has 0 radical (unpaired) electrons. The van der Waals surface area contributed by atoms with E-state index >= 15 is 0 Å². The highest BCUT2D eigenvalue weighted by Gasteiger charge is 2.35. The Balaban J connectivity index is 2.30. The van der Waals surface area contributed by atoms with Crippen LogP contribution < -0.4 is 0 Å². The summed E-state index contributed by atoms with van der Waals surface area (Å²) in [6, 6.07) is 6.92. The maximum Gasteiger partial charge on any atom is 0.418 e. The van der Waals surface area contributed by atoms with E-state index in [1.807, 2.05) is 0 Å². The van der Waals surface area contributed by atoms with Gasteiger partial charge in [-0.05, 0) is 36.4 Å². The van der Waals surface area contributed by atoms with Crippen LogP contribution in [0.3, 0.4) is 0 Å². The van der Waals surface area contributed by atoms with E-state index in [2.05, 4.69) is 5.10 Å². The van der Waals surface area contributed by atoms with Crippen LogP contribution in [-0.2, 0) is 6.18 Å². The number of nitrogens with zero attached hydrogens (tertiary/aromatic N) is 2. The summed E-state index contributed by atoms with van der Waals surface area (Å²) in [6.45, 7) is 0. The van der Waals surface area contributed by atoms with Gasteiger partial charge in [-0.25, -0.2) is 4.68 Å². The first kappa shape index (κ1) is 14.5. The third-order valence-electron chi connectivity index (χ3n) is 3.11. The molecule has 114 valence electrons. The predicted molar refractivity (Wildman–Crippen MR) is 74.4 cm³/mol. The molecule has 0 amide bonds. The minimum Gasteiger partial charge on any atom is -0.508 e. The SMILES string of the molecule is Oc1ccc(-n2nc3ccc(O)cc3c2Cl)c(C(F)(F)F)c1. The van der Waals surface area contributed by atoms with Crippen molar-refractivity contribution in [3.8, 4) is 17.2 Å². The number of benzene rings is 2. The molecule has 2 aromatic carbocycles. The van der Waals surface area contributed by atoms with Gasteiger partial charge in [0.1, 0.15) is 16.7 Å². The Bertz CT molecular complexity index is 874. The fourth-order valence-electron chi connectivity index (χ4n) is 2.14. The Morgan fingerprint density at radius 3 is 2.32 bits per heavy atom. The van der Waals surface area contributed by atoms with Crippen molar-refractivity contribution in [3.63, 3.8) is 0 Å². The summed E-state index contributed by atoms with van der Waals surface area (Å²) in [5.41, 5.74) is -1.04. The van der Waals surface area contributed by atoms with Crippen molar-refractivity contribution >= 4 is 22.5 Å². The van der Waals surface area contributed by atoms with Gasteiger partial charge < -0.3 is 10.2 Å². The number of hydrogen-bond donors (Lipinski definition) is 2. The third-order valence-corrected chi connectivity index (χ3v) is 3.47. The highest BCUT2D eigenvalue weighted by atomic mass is 35.5. The van der Waals surface area contributed by atoms with E-state index < -0.39 is 17.5 Å². The quantitative estimate of drug-likeness (QED) is 0.707. The normalized spacial score (nSPS) is 12.0. The number of aromatic hydroxyl groups is 2. The maximum absolute atomic E-state index is 13.1. The van der Waals surface area contributed by atoms with Crippen LogP contribution in [0.25, 0.3) is 16.6 Å². The van der Waals surface area contributed by atoms with Crippen LogP contribution in [0.1, 0.15) is 5.56 Å². The van der Waals surface area contributed by atoms with E-state index in [1.54, 1.807) is 0 Å². The number of rotatable bonds is 1. The monoisotopic (exact) mass is 328 g/mol. The molecule has 1 heterocycles. The molecule has 0 aliphatic rings. The second-order valence-corrected chi connectivity index (χ2v) is 4.96. The molecular weight excluding hydrogens is 321 g/mol. The Hall–Kier alpha value is -2.41. The predicted octanol–water partition coefficient (Wildman–Crippen LogP) is 4.11. The van der Waals surface area contributed by atoms with Crippen molar-refractivity contribution in [3.05, 3.63) is 47.1 Å². The highest BCUT2D eigenvalue weighted by Crippen LogP contribution is 2.38. The van der Waals surface area contributed by atoms with Crippen LogP contribution in [0.4, 0.5) is 13.2 Å². The van der Waals surface area contributed by atoms with E-state index in [-0.39, 0.29) is 16.6 Å². The number of hydrogen-bond acceptors (Lipinski definition) is 3. The Labute approximate surface area is 127 Å². The van der Waals surface area contributed by atoms with Gasteiger partial charge in [-0.3, -0.25) is 0 Å². The number of phenols is 2. The van der Waals surface area contributed by atoms with Crippen molar-refractivity contribution in [2.75, 3.05) is 0 Å². The zero-order valence-corrected chi connectivity index (χ0v) is 11.5. The Morgan fingerprint density at radius 1 is 1.00 bits per heavy atom. The van der Waals surface area contributed by atoms with Crippen LogP contribution in [0.15, 0.2) is 36.4 Å². The first-order valence-electron chi connectivity index (χ1n) is 6.05. The lowest BCUT2D eigenvalue weighted by Crippen LogP contribution is -2.11. The molecule has 0 atom stereocenters. The molecule has 0 bridgehead atoms. The van der Waals surface area contributed by atoms with Gasteiger partial charge in [-0.2, -0.15) is 18.3 Å². The van der Waals surface area contributed by atoms with Crippen LogP contribution in [-0.4, -0.2) is 20.0 Å². The van der Waals surface area contributed by atoms with E-state index in [1.165, 1.54) is 18.2 Å². The minimum atomic E-state index is -4.68. The zero-order valence-electron chi connectivity index (χ0n) is 10.8. The van der Waals surface area contributed by atoms with Gasteiger partial charge in [0.15, 0.2) is 0 Å². The standard InChI is InChI=1S/C14H8ClF3N2O2/c15-13-9-5-7(21)1-3-11(9)19-20(13)12-4-2-8(22)6-10(12)14(16,17)18/h1-6,21-22H. The van der Waals surface area contributed by atoms with Crippen molar-refractivity contribution in [2.24, 2.45) is 0 Å². The maximum atomic E-state index is 13.1. The molecule has 1 aromatic heterocycles. The van der Waals surface area contributed by atoms with Gasteiger partial charge in [-0.1, -0.05) is 11.6 Å². The summed E-state index contributed by atoms with van der Waals surface area (Å²) >= 11 is 6.08. The summed E-state index contributed by atoms with van der Waals surface area (Å²) in [4.78, 5) is 0. The van der Waals surface area contributed by atoms with Crippen LogP contribution >= 0.6 is 11.6 Å². The number of aromatic nitrogens is 2. The molecule has 0 saturated heterocycles. The summed E-state index contributed by atoms with van der Waals surface area (Å²) < 4.78 is 40.3. The van der Waals surface area contributed by atoms with Gasteiger partial charge in [-0.15, -0.1) is 0 Å². The summed E-state index contributed by atoms with van der Waals surface area (Å²) in [6.07, 6.45) is -4.68. The lowest BCUT2D eigenvalue weighted by molar-refractivity contribution is -0.137. The van der Waals surface area contributed by atoms with Gasteiger partial charge in [0.2, 0.25) is 0 Å². The van der Waals surface area contributed by atoms with Gasteiger partial charge in [0.25, 0.3) is 0 Å². The highest BCUT2D eigenvalue weighted by molar-refractivity contribution is 6.34. The number of phenolic OH excluding ortho intramolecular Hbond substituents is 2. The van der Waals surface area contributed by atoms with Crippen molar-refractivity contribution in [1.29, 1.82) is 0 Å². The van der Waals surface area contributed by atoms with E-state index in [0.717, 1.165) is 16.8 Å². The molecule has 0 spiro atoms. The van der Waals surface area contributed by atoms with Crippen molar-refractivity contribution < 1.29 is 23.4 Å². The van der Waals surface area contributed by atoms with Gasteiger partial charge >= 0.3 is 6.18 Å². The topological polar surface area (TPSA) is 58.3 Å². The largest absolute Gasteiger partial charge is 0.508 e. The minimum absolute atomic E-state index is 0.0675. The molecule has 0 aliphatic carbocycles. The van der Waals surface area contributed by atoms with Gasteiger partial charge in [0, 0.05) is 5.39 Å². The Morgan fingerprint density at radius 2 is 1.64 bits per heavy atom. The molecule has 3 rings (SSSR count). The first-order valence-corrected chi connectivity index (χ1v) is 6.43. The van der Waals surface area contributed by atoms with Crippen molar-refractivity contribution in [1.82, 2.24) is 9.78 Å². The molecule has 0 unspecified atom stereocenters. The van der Waals surface area contributed by atoms with Crippen molar-refractivity contribution in [2.45, 2.75) is 6.18 Å². The average Bonchev–Trinajstić information content (AvgIpc) is 2.75. The molecular formula is C14H8ClF3N2O2. The molecule has 3 aromatic rings. The molecule has 0 saturated carbocycles. The molecule has 8 heteroatoms. The number of halogens is 4. The molecule has 22 heavy (non-hydrogen) atoms. The van der Waals surface area contributed by atoms with E-state index in [9.17, 15) is 23.4 Å². The summed E-state index contributed by atoms with van der Waals surface area (Å²) in [5.74, 6) is -0.586. The third kappa shape index (κ3) is 2.33. The van der Waals surface area contributed by atoms with E-state index in [4.69, 9.17) is 11.6 Å². The smallest absolute Gasteiger partial charge is 0.418 e. The zero-order chi connectivity index (χ0) is 16.1. The molecule has 0 aliphatic heterocycles. The Kier molecular flexibility index (Phi) is 3.17. The molecule has 4 nitrogen and oxygen atoms in total. The van der Waals surface area contributed by atoms with E-state index in [0.29, 0.717) is 17.0 Å². The van der Waals surface area contributed by atoms with Crippen LogP contribution in [0.5, 0.6) is 11.5 Å². The second-order valence-electron chi connectivity index (χ2n) is 4.60. The lowest BCUT2D eigenvalue weighted by Gasteiger charge is -2.13. The van der Waals surface area contributed by atoms with Crippen LogP contribution in [0.2, 0.25) is 5.15 Å². The number of alkyl halides is 3. The van der Waals surface area contributed by atoms with Crippen LogP contribution in [0, 0.1) is 0 Å². The van der Waals surface area contributed by atoms with Gasteiger partial charge in [0.05, 0.1) is 16.8 Å². The fraction of sp³-hybridized carbons (Fsp3) is 0.0714. The fourth-order valence-corrected chi connectivity index (χ4v) is 2.42. The lowest BCUT2D eigenvalue weighted by atomic mass is 10.1. The molecule has 0 fully saturated rings. The first-order chi connectivity index (χ1) is 10.3.